The predicted octanol–water partition coefficient (Wildman–Crippen LogP) is 19.8. The second kappa shape index (κ2) is 18.8. The first-order valence-corrected chi connectivity index (χ1v) is 25.0. The molecule has 12 rings (SSSR count). The Labute approximate surface area is 433 Å². The quantitative estimate of drug-likeness (QED) is 0.101. The fraction of sp³-hybridized carbons (Fsp3) is 0.0571. The molecule has 4 nitrogen and oxygen atoms in total. The summed E-state index contributed by atoms with van der Waals surface area (Å²) < 4.78 is 0. The number of benzene rings is 12. The van der Waals surface area contributed by atoms with Gasteiger partial charge in [0, 0.05) is 33.5 Å². The van der Waals surface area contributed by atoms with Gasteiger partial charge in [0.2, 0.25) is 0 Å². The van der Waals surface area contributed by atoms with Crippen molar-refractivity contribution in [2.75, 3.05) is 9.80 Å². The number of anilines is 6. The summed E-state index contributed by atoms with van der Waals surface area (Å²) in [6, 6.07) is 85.1. The molecular weight excluding hydrogens is 897 g/mol. The van der Waals surface area contributed by atoms with E-state index >= 15 is 0 Å². The van der Waals surface area contributed by atoms with Crippen LogP contribution in [0.1, 0.15) is 27.8 Å². The minimum atomic E-state index is 0.618. The van der Waals surface area contributed by atoms with Gasteiger partial charge in [0.05, 0.1) is 29.6 Å². The van der Waals surface area contributed by atoms with Gasteiger partial charge in [-0.15, -0.1) is 0 Å². The van der Waals surface area contributed by atoms with Gasteiger partial charge in [0.1, 0.15) is 0 Å². The largest absolute Gasteiger partial charge is 0.310 e. The van der Waals surface area contributed by atoms with Crippen molar-refractivity contribution in [3.63, 3.8) is 0 Å². The molecule has 0 saturated heterocycles. The number of aryl methyl sites for hydroxylation is 4. The van der Waals surface area contributed by atoms with Crippen LogP contribution in [0.15, 0.2) is 231 Å². The van der Waals surface area contributed by atoms with E-state index in [0.717, 1.165) is 89.4 Å². The fourth-order valence-electron chi connectivity index (χ4n) is 11.0. The molecule has 0 aliphatic carbocycles. The minimum absolute atomic E-state index is 0.618. The van der Waals surface area contributed by atoms with Crippen molar-refractivity contribution in [1.82, 2.24) is 0 Å². The molecule has 74 heavy (non-hydrogen) atoms. The Balaban J connectivity index is 1.11. The molecule has 0 amide bonds. The third-order valence-electron chi connectivity index (χ3n) is 14.3. The summed E-state index contributed by atoms with van der Waals surface area (Å²) >= 11 is 0. The van der Waals surface area contributed by atoms with Crippen LogP contribution < -0.4 is 9.80 Å². The van der Waals surface area contributed by atoms with E-state index in [1.54, 1.807) is 0 Å². The Kier molecular flexibility index (Phi) is 11.5. The summed E-state index contributed by atoms with van der Waals surface area (Å²) in [5, 5.41) is 16.8. The van der Waals surface area contributed by atoms with Crippen LogP contribution >= 0.6 is 0 Å². The van der Waals surface area contributed by atoms with E-state index in [2.05, 4.69) is 255 Å². The summed E-state index contributed by atoms with van der Waals surface area (Å²) in [7, 11) is 0. The smallest absolute Gasteiger partial charge is 0.187 e. The van der Waals surface area contributed by atoms with Crippen LogP contribution in [0.2, 0.25) is 0 Å². The molecule has 0 saturated carbocycles. The van der Waals surface area contributed by atoms with Crippen LogP contribution in [0.25, 0.3) is 81.7 Å². The number of nitrogens with zero attached hydrogens (tertiary/aromatic N) is 4. The van der Waals surface area contributed by atoms with Gasteiger partial charge in [-0.2, -0.15) is 5.26 Å². The Morgan fingerprint density at radius 1 is 0.351 bits per heavy atom. The summed E-state index contributed by atoms with van der Waals surface area (Å²) in [5.41, 5.74) is 21.1. The highest BCUT2D eigenvalue weighted by molar-refractivity contribution is 6.28. The second-order valence-corrected chi connectivity index (χ2v) is 19.6. The number of hydrogen-bond acceptors (Lipinski definition) is 3. The summed E-state index contributed by atoms with van der Waals surface area (Å²) in [6.07, 6.45) is 0. The molecule has 0 spiro atoms. The number of nitriles is 1. The zero-order valence-corrected chi connectivity index (χ0v) is 41.7. The van der Waals surface area contributed by atoms with E-state index in [-0.39, 0.29) is 0 Å². The van der Waals surface area contributed by atoms with Crippen molar-refractivity contribution in [3.05, 3.63) is 270 Å². The second-order valence-electron chi connectivity index (χ2n) is 19.6. The molecule has 0 heterocycles. The predicted molar refractivity (Wildman–Crippen MR) is 311 cm³/mol. The first-order chi connectivity index (χ1) is 36.2. The zero-order valence-electron chi connectivity index (χ0n) is 41.7. The Hall–Kier alpha value is -9.74. The van der Waals surface area contributed by atoms with Gasteiger partial charge in [0.15, 0.2) is 5.69 Å². The molecule has 0 aliphatic rings. The van der Waals surface area contributed by atoms with Crippen LogP contribution in [-0.4, -0.2) is 0 Å². The van der Waals surface area contributed by atoms with Gasteiger partial charge in [-0.1, -0.05) is 146 Å². The van der Waals surface area contributed by atoms with E-state index in [1.807, 2.05) is 24.3 Å². The van der Waals surface area contributed by atoms with Crippen LogP contribution in [0.5, 0.6) is 0 Å². The van der Waals surface area contributed by atoms with Crippen LogP contribution in [-0.2, 0) is 0 Å². The van der Waals surface area contributed by atoms with Gasteiger partial charge >= 0.3 is 0 Å². The van der Waals surface area contributed by atoms with Gasteiger partial charge in [-0.3, -0.25) is 0 Å². The molecule has 0 aromatic heterocycles. The van der Waals surface area contributed by atoms with Gasteiger partial charge in [-0.05, 0) is 201 Å². The van der Waals surface area contributed by atoms with Gasteiger partial charge in [0.25, 0.3) is 0 Å². The topological polar surface area (TPSA) is 34.6 Å². The Morgan fingerprint density at radius 2 is 0.703 bits per heavy atom. The molecule has 0 atom stereocenters. The SMILES string of the molecule is [C-]#[N+]c1ccc(-c2cc(-c3ccccc3)cc(N(c3cc(C)cc(C)c3)c3ccc4ccc5c(N(c6cc(C)cc(C)c6)c6cc(-c7ccccc7)cc(-c7ccc(C#N)cc7)c6)ccc6ccc3c4c65)c2)cc1. The van der Waals surface area contributed by atoms with Crippen molar-refractivity contribution in [2.45, 2.75) is 27.7 Å². The molecule has 0 fully saturated rings. The third kappa shape index (κ3) is 8.45. The van der Waals surface area contributed by atoms with Crippen LogP contribution in [0, 0.1) is 45.6 Å². The number of hydrogen-bond donors (Lipinski definition) is 0. The summed E-state index contributed by atoms with van der Waals surface area (Å²) in [6.45, 7) is 16.3. The van der Waals surface area contributed by atoms with Crippen LogP contribution in [0.4, 0.5) is 39.8 Å². The first kappa shape index (κ1) is 45.4. The minimum Gasteiger partial charge on any atom is -0.310 e. The zero-order chi connectivity index (χ0) is 50.5. The molecule has 0 aliphatic heterocycles. The van der Waals surface area contributed by atoms with E-state index in [0.29, 0.717) is 11.3 Å². The summed E-state index contributed by atoms with van der Waals surface area (Å²) in [4.78, 5) is 8.58. The molecule has 350 valence electrons. The molecule has 0 bridgehead atoms. The highest BCUT2D eigenvalue weighted by atomic mass is 15.2. The van der Waals surface area contributed by atoms with Crippen molar-refractivity contribution in [2.24, 2.45) is 0 Å². The van der Waals surface area contributed by atoms with E-state index in [1.165, 1.54) is 43.8 Å². The number of rotatable bonds is 10. The first-order valence-electron chi connectivity index (χ1n) is 25.0. The van der Waals surface area contributed by atoms with Crippen molar-refractivity contribution >= 4 is 72.1 Å². The maximum Gasteiger partial charge on any atom is 0.187 e. The van der Waals surface area contributed by atoms with Crippen molar-refractivity contribution in [3.8, 4) is 50.6 Å². The lowest BCUT2D eigenvalue weighted by molar-refractivity contribution is 1.26. The average Bonchev–Trinajstić information content (AvgIpc) is 3.43. The standard InChI is InChI=1S/C70H50N4/c1-45-32-46(2)35-61(34-45)73(63-40-56(50-12-8-6-9-13-50)38-58(42-63)52-18-16-49(44-71)17-19-52)67-30-24-54-23-29-66-68(31-25-55-22-28-65(67)69(54)70(55)66)74(62-36-47(3)33-48(4)37-62)64-41-57(51-14-10-7-11-15-51)39-59(43-64)53-20-26-60(72-5)27-21-53/h6-43H,1-4H3. The molecule has 0 radical (unpaired) electrons. The molecule has 12 aromatic carbocycles. The average molecular weight is 947 g/mol. The lowest BCUT2D eigenvalue weighted by atomic mass is 9.91. The maximum absolute atomic E-state index is 9.71. The Morgan fingerprint density at radius 3 is 1.08 bits per heavy atom. The van der Waals surface area contributed by atoms with E-state index in [9.17, 15) is 5.26 Å². The highest BCUT2D eigenvalue weighted by Gasteiger charge is 2.24. The lowest BCUT2D eigenvalue weighted by Crippen LogP contribution is -2.12. The molecular formula is C70H50N4. The fourth-order valence-corrected chi connectivity index (χ4v) is 11.0. The summed E-state index contributed by atoms with van der Waals surface area (Å²) in [5.74, 6) is 0. The molecule has 0 unspecified atom stereocenters. The van der Waals surface area contributed by atoms with E-state index < -0.39 is 0 Å². The third-order valence-corrected chi connectivity index (χ3v) is 14.3. The normalized spacial score (nSPS) is 11.2. The highest BCUT2D eigenvalue weighted by Crippen LogP contribution is 2.49. The van der Waals surface area contributed by atoms with Crippen LogP contribution in [0.3, 0.4) is 0 Å². The monoisotopic (exact) mass is 946 g/mol. The van der Waals surface area contributed by atoms with E-state index in [4.69, 9.17) is 6.57 Å². The molecule has 4 heteroatoms. The van der Waals surface area contributed by atoms with Gasteiger partial charge < -0.3 is 9.80 Å². The Bertz CT molecular complexity index is 3870. The van der Waals surface area contributed by atoms with Gasteiger partial charge in [-0.25, -0.2) is 4.85 Å². The van der Waals surface area contributed by atoms with Crippen molar-refractivity contribution < 1.29 is 0 Å². The molecule has 0 N–H and O–H groups in total. The van der Waals surface area contributed by atoms with Crippen molar-refractivity contribution in [1.29, 1.82) is 5.26 Å². The molecule has 12 aromatic rings. The maximum atomic E-state index is 9.71. The lowest BCUT2D eigenvalue weighted by Gasteiger charge is -2.31.